The van der Waals surface area contributed by atoms with E-state index in [-0.39, 0.29) is 11.1 Å². The Morgan fingerprint density at radius 2 is 1.75 bits per heavy atom. The molecule has 0 aromatic carbocycles. The Kier molecular flexibility index (Phi) is 4.01. The van der Waals surface area contributed by atoms with E-state index in [0.717, 1.165) is 4.48 Å². The molecule has 4 heteroatoms. The minimum Gasteiger partial charge on any atom is -0.331 e. The molecule has 0 N–H and O–H groups in total. The second-order valence-corrected chi connectivity index (χ2v) is 7.60. The zero-order chi connectivity index (χ0) is 12.8. The van der Waals surface area contributed by atoms with E-state index in [1.54, 1.807) is 0 Å². The maximum absolute atomic E-state index is 5.58. The zero-order valence-corrected chi connectivity index (χ0v) is 13.8. The first-order valence-electron chi connectivity index (χ1n) is 5.90. The average Bonchev–Trinajstić information content (AvgIpc) is 2.14. The van der Waals surface area contributed by atoms with Gasteiger partial charge in [0.05, 0.1) is 33.2 Å². The molecule has 1 saturated heterocycles. The zero-order valence-electron chi connectivity index (χ0n) is 11.7. The summed E-state index contributed by atoms with van der Waals surface area (Å²) in [7, 11) is 6.78. The second kappa shape index (κ2) is 4.37. The predicted octanol–water partition coefficient (Wildman–Crippen LogP) is 2.85. The Labute approximate surface area is 114 Å². The van der Waals surface area contributed by atoms with Crippen LogP contribution in [0.5, 0.6) is 0 Å². The Balaban J connectivity index is 2.90. The molecule has 0 aliphatic carbocycles. The van der Waals surface area contributed by atoms with E-state index in [2.05, 4.69) is 53.9 Å². The van der Waals surface area contributed by atoms with Crippen molar-refractivity contribution >= 4 is 23.0 Å². The van der Waals surface area contributed by atoms with Gasteiger partial charge in [-0.25, -0.2) is 3.17 Å². The van der Waals surface area contributed by atoms with Crippen molar-refractivity contribution in [2.75, 3.05) is 27.7 Å². The normalized spacial score (nSPS) is 29.6. The predicted molar refractivity (Wildman–Crippen MR) is 76.1 cm³/mol. The van der Waals surface area contributed by atoms with Crippen LogP contribution in [-0.2, 0) is 3.17 Å². The van der Waals surface area contributed by atoms with Gasteiger partial charge in [0.2, 0.25) is 0 Å². The van der Waals surface area contributed by atoms with E-state index >= 15 is 0 Å². The van der Waals surface area contributed by atoms with Crippen LogP contribution in [0.1, 0.15) is 34.1 Å². The van der Waals surface area contributed by atoms with Crippen molar-refractivity contribution in [3.63, 3.8) is 0 Å². The van der Waals surface area contributed by atoms with Crippen LogP contribution in [0.25, 0.3) is 0 Å². The number of quaternary nitrogens is 1. The lowest BCUT2D eigenvalue weighted by molar-refractivity contribution is -0.874. The highest BCUT2D eigenvalue weighted by atomic mass is 127. The maximum Gasteiger partial charge on any atom is 0.137 e. The molecule has 0 aromatic heterocycles. The summed E-state index contributed by atoms with van der Waals surface area (Å²) in [6, 6.07) is 0. The fraction of sp³-hybridized carbons (Fsp3) is 1.00. The monoisotopic (exact) mass is 341 g/mol. The largest absolute Gasteiger partial charge is 0.331 e. The highest BCUT2D eigenvalue weighted by Gasteiger charge is 2.54. The molecule has 1 aliphatic heterocycles. The van der Waals surface area contributed by atoms with E-state index < -0.39 is 0 Å². The minimum absolute atomic E-state index is 0.107. The first kappa shape index (κ1) is 14.7. The van der Waals surface area contributed by atoms with Gasteiger partial charge >= 0.3 is 0 Å². The molecular weight excluding hydrogens is 315 g/mol. The molecule has 0 aromatic rings. The van der Waals surface area contributed by atoms with Gasteiger partial charge in [-0.05, 0) is 34.1 Å². The third kappa shape index (κ3) is 2.89. The number of hydroxylamine groups is 2. The van der Waals surface area contributed by atoms with Gasteiger partial charge in [-0.2, -0.15) is 5.06 Å². The van der Waals surface area contributed by atoms with Crippen LogP contribution in [-0.4, -0.2) is 48.3 Å². The maximum atomic E-state index is 5.58. The van der Waals surface area contributed by atoms with E-state index in [1.165, 1.54) is 13.0 Å². The highest BCUT2D eigenvalue weighted by Crippen LogP contribution is 2.46. The number of halogens is 1. The van der Waals surface area contributed by atoms with Gasteiger partial charge in [0.1, 0.15) is 23.0 Å². The van der Waals surface area contributed by atoms with Crippen molar-refractivity contribution in [2.24, 2.45) is 5.92 Å². The van der Waals surface area contributed by atoms with E-state index in [9.17, 15) is 0 Å². The van der Waals surface area contributed by atoms with Crippen LogP contribution in [0.3, 0.4) is 0 Å². The summed E-state index contributed by atoms with van der Waals surface area (Å²) in [5.74, 6) is 0.664. The quantitative estimate of drug-likeness (QED) is 0.578. The van der Waals surface area contributed by atoms with Crippen LogP contribution < -0.4 is 0 Å². The molecule has 0 radical (unpaired) electrons. The lowest BCUT2D eigenvalue weighted by Gasteiger charge is -2.39. The topological polar surface area (TPSA) is 12.5 Å². The molecule has 1 heterocycles. The van der Waals surface area contributed by atoms with Crippen molar-refractivity contribution in [3.05, 3.63) is 0 Å². The van der Waals surface area contributed by atoms with Gasteiger partial charge in [0, 0.05) is 11.5 Å². The van der Waals surface area contributed by atoms with Crippen molar-refractivity contribution in [2.45, 2.75) is 45.2 Å². The molecule has 1 atom stereocenters. The lowest BCUT2D eigenvalue weighted by atomic mass is 9.86. The van der Waals surface area contributed by atoms with Crippen LogP contribution >= 0.6 is 23.0 Å². The summed E-state index contributed by atoms with van der Waals surface area (Å²) in [5, 5.41) is 2.17. The number of rotatable bonds is 3. The number of nitrogens with zero attached hydrogens (tertiary/aromatic N) is 2. The van der Waals surface area contributed by atoms with Gasteiger partial charge in [0.15, 0.2) is 0 Å². The van der Waals surface area contributed by atoms with Crippen LogP contribution in [0, 0.1) is 5.92 Å². The van der Waals surface area contributed by atoms with E-state index in [1.807, 2.05) is 23.0 Å². The van der Waals surface area contributed by atoms with E-state index in [4.69, 9.17) is 3.17 Å². The summed E-state index contributed by atoms with van der Waals surface area (Å²) >= 11 is 2.01. The molecule has 0 amide bonds. The number of hydrogen-bond acceptors (Lipinski definition) is 2. The third-order valence-electron chi connectivity index (χ3n) is 3.66. The van der Waals surface area contributed by atoms with Crippen molar-refractivity contribution < 1.29 is 7.65 Å². The summed E-state index contributed by atoms with van der Waals surface area (Å²) in [6.45, 7) is 10.3. The number of hydrogen-bond donors (Lipinski definition) is 0. The molecule has 16 heavy (non-hydrogen) atoms. The van der Waals surface area contributed by atoms with Crippen molar-refractivity contribution in [1.82, 2.24) is 5.06 Å². The molecule has 1 fully saturated rings. The van der Waals surface area contributed by atoms with Gasteiger partial charge in [-0.15, -0.1) is 0 Å². The lowest BCUT2D eigenvalue weighted by Crippen LogP contribution is -2.50. The van der Waals surface area contributed by atoms with Gasteiger partial charge in [-0.1, -0.05) is 0 Å². The summed E-state index contributed by atoms with van der Waals surface area (Å²) in [6.07, 6.45) is 1.19. The fourth-order valence-electron chi connectivity index (χ4n) is 3.01. The smallest absolute Gasteiger partial charge is 0.137 e. The fourth-order valence-corrected chi connectivity index (χ4v) is 4.05. The molecule has 0 spiro atoms. The second-order valence-electron chi connectivity index (χ2n) is 7.20. The Morgan fingerprint density at radius 1 is 1.25 bits per heavy atom. The minimum atomic E-state index is 0.107. The Bertz CT molecular complexity index is 258. The van der Waals surface area contributed by atoms with Crippen LogP contribution in [0.4, 0.5) is 0 Å². The summed E-state index contributed by atoms with van der Waals surface area (Å²) in [5.41, 5.74) is 0.237. The summed E-state index contributed by atoms with van der Waals surface area (Å²) < 4.78 is 6.60. The van der Waals surface area contributed by atoms with Crippen molar-refractivity contribution in [1.29, 1.82) is 0 Å². The molecule has 1 rings (SSSR count). The molecule has 96 valence electrons. The molecule has 1 aliphatic rings. The van der Waals surface area contributed by atoms with Crippen LogP contribution in [0.2, 0.25) is 0 Å². The Hall–Kier alpha value is 0.610. The molecular formula is C12H26IN2O+. The van der Waals surface area contributed by atoms with E-state index in [0.29, 0.717) is 5.92 Å². The SMILES string of the molecule is CC1(C)CC(C[N+](C)(C)C)C(C)(C)N1OI. The first-order valence-corrected chi connectivity index (χ1v) is 6.78. The van der Waals surface area contributed by atoms with Gasteiger partial charge in [0.25, 0.3) is 0 Å². The molecule has 0 bridgehead atoms. The molecule has 0 saturated carbocycles. The first-order chi connectivity index (χ1) is 7.00. The Morgan fingerprint density at radius 3 is 2.06 bits per heavy atom. The average molecular weight is 341 g/mol. The van der Waals surface area contributed by atoms with Gasteiger partial charge in [-0.3, -0.25) is 0 Å². The summed E-state index contributed by atoms with van der Waals surface area (Å²) in [4.78, 5) is 0. The third-order valence-corrected chi connectivity index (χ3v) is 4.05. The van der Waals surface area contributed by atoms with Crippen LogP contribution in [0.15, 0.2) is 0 Å². The van der Waals surface area contributed by atoms with Gasteiger partial charge < -0.3 is 4.48 Å². The van der Waals surface area contributed by atoms with Crippen molar-refractivity contribution in [3.8, 4) is 0 Å². The standard InChI is InChI=1S/C12H26IN2O/c1-11(2)8-10(9-15(5,6)7)12(3,4)14(11)16-13/h10H,8-9H2,1-7H3/q+1. The highest BCUT2D eigenvalue weighted by molar-refractivity contribution is 14.1. The molecule has 3 nitrogen and oxygen atoms in total. The molecule has 1 unspecified atom stereocenters.